The number of hydrogen-bond acceptors (Lipinski definition) is 3. The standard InChI is InChI=1S/C10H21NO3/c1-8(2)6-14-7-9(3-4-11)5-10(12)13/h8-9H,3-7,11H2,1-2H3,(H,12,13). The van der Waals surface area contributed by atoms with E-state index in [2.05, 4.69) is 13.8 Å². The van der Waals surface area contributed by atoms with Crippen molar-refractivity contribution in [2.45, 2.75) is 26.7 Å². The fourth-order valence-corrected chi connectivity index (χ4v) is 1.20. The summed E-state index contributed by atoms with van der Waals surface area (Å²) in [5, 5.41) is 8.62. The van der Waals surface area contributed by atoms with E-state index in [0.29, 0.717) is 32.1 Å². The molecule has 1 atom stereocenters. The average Bonchev–Trinajstić information content (AvgIpc) is 2.02. The molecule has 4 nitrogen and oxygen atoms in total. The summed E-state index contributed by atoms with van der Waals surface area (Å²) in [7, 11) is 0. The predicted molar refractivity (Wildman–Crippen MR) is 55.1 cm³/mol. The summed E-state index contributed by atoms with van der Waals surface area (Å²) in [5.74, 6) is -0.244. The third-order valence-electron chi connectivity index (χ3n) is 1.84. The Hall–Kier alpha value is -0.610. The molecule has 0 aromatic heterocycles. The number of carboxylic acids is 1. The zero-order valence-corrected chi connectivity index (χ0v) is 9.03. The molecule has 0 saturated heterocycles. The molecule has 0 bridgehead atoms. The maximum Gasteiger partial charge on any atom is 0.303 e. The molecule has 0 spiro atoms. The van der Waals surface area contributed by atoms with E-state index in [1.54, 1.807) is 0 Å². The Bertz CT molecular complexity index is 159. The highest BCUT2D eigenvalue weighted by molar-refractivity contribution is 5.67. The third-order valence-corrected chi connectivity index (χ3v) is 1.84. The Morgan fingerprint density at radius 2 is 2.07 bits per heavy atom. The Balaban J connectivity index is 3.67. The lowest BCUT2D eigenvalue weighted by molar-refractivity contribution is -0.138. The Morgan fingerprint density at radius 3 is 2.50 bits per heavy atom. The molecule has 0 aliphatic carbocycles. The molecule has 1 unspecified atom stereocenters. The van der Waals surface area contributed by atoms with E-state index in [9.17, 15) is 4.79 Å². The lowest BCUT2D eigenvalue weighted by Crippen LogP contribution is -2.19. The highest BCUT2D eigenvalue weighted by Crippen LogP contribution is 2.09. The number of nitrogens with two attached hydrogens (primary N) is 1. The molecule has 0 radical (unpaired) electrons. The zero-order chi connectivity index (χ0) is 11.0. The minimum Gasteiger partial charge on any atom is -0.481 e. The number of ether oxygens (including phenoxy) is 1. The van der Waals surface area contributed by atoms with Gasteiger partial charge < -0.3 is 15.6 Å². The van der Waals surface area contributed by atoms with Crippen molar-refractivity contribution in [3.05, 3.63) is 0 Å². The molecule has 0 fully saturated rings. The molecule has 3 N–H and O–H groups in total. The predicted octanol–water partition coefficient (Wildman–Crippen LogP) is 1.10. The van der Waals surface area contributed by atoms with Crippen LogP contribution in [0, 0.1) is 11.8 Å². The van der Waals surface area contributed by atoms with Crippen LogP contribution in [0.25, 0.3) is 0 Å². The van der Waals surface area contributed by atoms with E-state index in [1.807, 2.05) is 0 Å². The van der Waals surface area contributed by atoms with Crippen LogP contribution in [0.3, 0.4) is 0 Å². The highest BCUT2D eigenvalue weighted by Gasteiger charge is 2.12. The van der Waals surface area contributed by atoms with Crippen molar-refractivity contribution in [1.29, 1.82) is 0 Å². The van der Waals surface area contributed by atoms with Crippen LogP contribution in [0.5, 0.6) is 0 Å². The zero-order valence-electron chi connectivity index (χ0n) is 9.03. The van der Waals surface area contributed by atoms with Gasteiger partial charge in [0.05, 0.1) is 13.0 Å². The number of hydrogen-bond donors (Lipinski definition) is 2. The van der Waals surface area contributed by atoms with E-state index in [4.69, 9.17) is 15.6 Å². The Labute approximate surface area is 85.4 Å². The van der Waals surface area contributed by atoms with Crippen LogP contribution in [0.1, 0.15) is 26.7 Å². The monoisotopic (exact) mass is 203 g/mol. The summed E-state index contributed by atoms with van der Waals surface area (Å²) < 4.78 is 5.39. The van der Waals surface area contributed by atoms with E-state index in [0.717, 1.165) is 0 Å². The van der Waals surface area contributed by atoms with Crippen LogP contribution in [-0.2, 0) is 9.53 Å². The van der Waals surface area contributed by atoms with Gasteiger partial charge in [-0.25, -0.2) is 0 Å². The lowest BCUT2D eigenvalue weighted by Gasteiger charge is -2.14. The molecule has 14 heavy (non-hydrogen) atoms. The van der Waals surface area contributed by atoms with Gasteiger partial charge in [-0.15, -0.1) is 0 Å². The van der Waals surface area contributed by atoms with Crippen molar-refractivity contribution in [2.75, 3.05) is 19.8 Å². The lowest BCUT2D eigenvalue weighted by atomic mass is 10.0. The highest BCUT2D eigenvalue weighted by atomic mass is 16.5. The normalized spacial score (nSPS) is 13.1. The quantitative estimate of drug-likeness (QED) is 0.619. The summed E-state index contributed by atoms with van der Waals surface area (Å²) in [4.78, 5) is 10.5. The molecular weight excluding hydrogens is 182 g/mol. The fraction of sp³-hybridized carbons (Fsp3) is 0.900. The second kappa shape index (κ2) is 7.76. The minimum absolute atomic E-state index is 0.0521. The first-order chi connectivity index (χ1) is 6.56. The molecule has 0 aromatic carbocycles. The van der Waals surface area contributed by atoms with Gasteiger partial charge in [0, 0.05) is 6.61 Å². The Kier molecular flexibility index (Phi) is 7.42. The van der Waals surface area contributed by atoms with Crippen LogP contribution in [-0.4, -0.2) is 30.8 Å². The van der Waals surface area contributed by atoms with Gasteiger partial charge in [-0.05, 0) is 24.8 Å². The van der Waals surface area contributed by atoms with E-state index >= 15 is 0 Å². The molecule has 0 aromatic rings. The SMILES string of the molecule is CC(C)COCC(CCN)CC(=O)O. The summed E-state index contributed by atoms with van der Waals surface area (Å²) in [6.45, 7) is 5.83. The summed E-state index contributed by atoms with van der Waals surface area (Å²) >= 11 is 0. The summed E-state index contributed by atoms with van der Waals surface area (Å²) in [6.07, 6.45) is 0.861. The van der Waals surface area contributed by atoms with Crippen LogP contribution in [0.4, 0.5) is 0 Å². The van der Waals surface area contributed by atoms with Crippen LogP contribution in [0.15, 0.2) is 0 Å². The molecule has 0 aliphatic heterocycles. The fourth-order valence-electron chi connectivity index (χ4n) is 1.20. The van der Waals surface area contributed by atoms with Gasteiger partial charge in [0.2, 0.25) is 0 Å². The molecule has 0 heterocycles. The van der Waals surface area contributed by atoms with E-state index < -0.39 is 5.97 Å². The van der Waals surface area contributed by atoms with Gasteiger partial charge in [0.25, 0.3) is 0 Å². The number of rotatable bonds is 8. The number of carbonyl (C=O) groups is 1. The second-order valence-corrected chi connectivity index (χ2v) is 3.97. The van der Waals surface area contributed by atoms with Crippen molar-refractivity contribution >= 4 is 5.97 Å². The van der Waals surface area contributed by atoms with E-state index in [1.165, 1.54) is 0 Å². The van der Waals surface area contributed by atoms with Gasteiger partial charge >= 0.3 is 5.97 Å². The van der Waals surface area contributed by atoms with Crippen LogP contribution in [0.2, 0.25) is 0 Å². The van der Waals surface area contributed by atoms with Crippen molar-refractivity contribution in [3.63, 3.8) is 0 Å². The van der Waals surface area contributed by atoms with Crippen molar-refractivity contribution in [3.8, 4) is 0 Å². The molecule has 84 valence electrons. The second-order valence-electron chi connectivity index (χ2n) is 3.97. The van der Waals surface area contributed by atoms with Crippen molar-refractivity contribution < 1.29 is 14.6 Å². The maximum absolute atomic E-state index is 10.5. The van der Waals surface area contributed by atoms with Gasteiger partial charge in [-0.2, -0.15) is 0 Å². The first kappa shape index (κ1) is 13.4. The number of aliphatic carboxylic acids is 1. The molecule has 0 amide bonds. The van der Waals surface area contributed by atoms with Crippen molar-refractivity contribution in [1.82, 2.24) is 0 Å². The Morgan fingerprint density at radius 1 is 1.43 bits per heavy atom. The first-order valence-corrected chi connectivity index (χ1v) is 5.05. The first-order valence-electron chi connectivity index (χ1n) is 5.05. The molecule has 0 rings (SSSR count). The molecule has 4 heteroatoms. The topological polar surface area (TPSA) is 72.5 Å². The average molecular weight is 203 g/mol. The summed E-state index contributed by atoms with van der Waals surface area (Å²) in [5.41, 5.74) is 5.39. The van der Waals surface area contributed by atoms with E-state index in [-0.39, 0.29) is 12.3 Å². The number of carboxylic acid groups (broad SMARTS) is 1. The van der Waals surface area contributed by atoms with Gasteiger partial charge in [0.15, 0.2) is 0 Å². The van der Waals surface area contributed by atoms with Crippen LogP contribution < -0.4 is 5.73 Å². The molecule has 0 saturated carbocycles. The van der Waals surface area contributed by atoms with Gasteiger partial charge in [0.1, 0.15) is 0 Å². The maximum atomic E-state index is 10.5. The van der Waals surface area contributed by atoms with Crippen molar-refractivity contribution in [2.24, 2.45) is 17.6 Å². The molecule has 0 aliphatic rings. The summed E-state index contributed by atoms with van der Waals surface area (Å²) in [6, 6.07) is 0. The molecular formula is C10H21NO3. The third kappa shape index (κ3) is 8.01. The van der Waals surface area contributed by atoms with Gasteiger partial charge in [-0.3, -0.25) is 4.79 Å². The van der Waals surface area contributed by atoms with Crippen LogP contribution >= 0.6 is 0 Å². The largest absolute Gasteiger partial charge is 0.481 e. The van der Waals surface area contributed by atoms with Gasteiger partial charge in [-0.1, -0.05) is 13.8 Å². The minimum atomic E-state index is -0.781. The smallest absolute Gasteiger partial charge is 0.303 e.